The highest BCUT2D eigenvalue weighted by atomic mass is 127. The zero-order valence-electron chi connectivity index (χ0n) is 9.08. The summed E-state index contributed by atoms with van der Waals surface area (Å²) in [4.78, 5) is 0. The number of nitrogen functional groups attached to an aromatic ring is 1. The lowest BCUT2D eigenvalue weighted by Crippen LogP contribution is -2.02. The fourth-order valence-electron chi connectivity index (χ4n) is 1.49. The first kappa shape index (κ1) is 12.7. The molecule has 0 radical (unpaired) electrons. The van der Waals surface area contributed by atoms with Crippen LogP contribution in [0.3, 0.4) is 0 Å². The molecule has 2 rings (SSSR count). The Morgan fingerprint density at radius 1 is 1.12 bits per heavy atom. The number of benzene rings is 2. The molecule has 0 aliphatic heterocycles. The fraction of sp³-hybridized carbons (Fsp3) is 0.0769. The van der Waals surface area contributed by atoms with Gasteiger partial charge in [-0.3, -0.25) is 0 Å². The first-order valence-electron chi connectivity index (χ1n) is 5.18. The number of hydrogen-bond acceptors (Lipinski definition) is 2. The van der Waals surface area contributed by atoms with Crippen molar-refractivity contribution in [1.29, 1.82) is 0 Å². The maximum Gasteiger partial charge on any atom is 0.0577 e. The second-order valence-electron chi connectivity index (χ2n) is 3.71. The first-order chi connectivity index (χ1) is 8.15. The molecule has 0 amide bonds. The molecule has 0 bridgehead atoms. The molecule has 0 fully saturated rings. The van der Waals surface area contributed by atoms with Crippen LogP contribution in [0.4, 0.5) is 11.4 Å². The van der Waals surface area contributed by atoms with Crippen molar-refractivity contribution in [3.05, 3.63) is 56.1 Å². The molecule has 0 saturated carbocycles. The van der Waals surface area contributed by atoms with Gasteiger partial charge in [0.15, 0.2) is 0 Å². The maximum atomic E-state index is 5.93. The maximum absolute atomic E-state index is 5.93. The summed E-state index contributed by atoms with van der Waals surface area (Å²) < 4.78 is 2.24. The van der Waals surface area contributed by atoms with Crippen molar-refractivity contribution in [1.82, 2.24) is 0 Å². The molecule has 17 heavy (non-hydrogen) atoms. The summed E-state index contributed by atoms with van der Waals surface area (Å²) in [6, 6.07) is 14.3. The zero-order valence-corrected chi connectivity index (χ0v) is 12.8. The van der Waals surface area contributed by atoms with Crippen LogP contribution < -0.4 is 11.1 Å². The van der Waals surface area contributed by atoms with Crippen LogP contribution in [0.25, 0.3) is 0 Å². The Morgan fingerprint density at radius 3 is 2.47 bits per heavy atom. The van der Waals surface area contributed by atoms with E-state index in [2.05, 4.69) is 56.0 Å². The average molecular weight is 403 g/mol. The average Bonchev–Trinajstić information content (AvgIpc) is 2.30. The minimum Gasteiger partial charge on any atom is -0.397 e. The largest absolute Gasteiger partial charge is 0.397 e. The van der Waals surface area contributed by atoms with Crippen molar-refractivity contribution < 1.29 is 0 Å². The fourth-order valence-corrected chi connectivity index (χ4v) is 2.27. The van der Waals surface area contributed by atoms with Crippen molar-refractivity contribution in [2.45, 2.75) is 6.54 Å². The summed E-state index contributed by atoms with van der Waals surface area (Å²) >= 11 is 5.67. The van der Waals surface area contributed by atoms with Gasteiger partial charge in [0.2, 0.25) is 0 Å². The van der Waals surface area contributed by atoms with Crippen LogP contribution in [-0.2, 0) is 6.54 Å². The summed E-state index contributed by atoms with van der Waals surface area (Å²) in [5.41, 5.74) is 8.93. The molecule has 2 nitrogen and oxygen atoms in total. The van der Waals surface area contributed by atoms with Crippen molar-refractivity contribution >= 4 is 49.9 Å². The third kappa shape index (κ3) is 3.61. The van der Waals surface area contributed by atoms with Crippen LogP contribution in [0.1, 0.15) is 5.56 Å². The van der Waals surface area contributed by atoms with Gasteiger partial charge in [-0.1, -0.05) is 28.1 Å². The molecule has 0 saturated heterocycles. The van der Waals surface area contributed by atoms with Crippen LogP contribution in [0.2, 0.25) is 0 Å². The minimum atomic E-state index is 0.776. The summed E-state index contributed by atoms with van der Waals surface area (Å²) in [6.07, 6.45) is 0. The summed E-state index contributed by atoms with van der Waals surface area (Å²) in [6.45, 7) is 0.776. The van der Waals surface area contributed by atoms with Gasteiger partial charge in [-0.15, -0.1) is 0 Å². The Hall–Kier alpha value is -0.750. The highest BCUT2D eigenvalue weighted by Gasteiger charge is 1.99. The molecule has 2 aromatic rings. The lowest BCUT2D eigenvalue weighted by atomic mass is 10.2. The van der Waals surface area contributed by atoms with Crippen LogP contribution >= 0.6 is 38.5 Å². The van der Waals surface area contributed by atoms with Crippen LogP contribution in [0, 0.1) is 3.57 Å². The molecule has 2 aromatic carbocycles. The lowest BCUT2D eigenvalue weighted by molar-refractivity contribution is 1.15. The van der Waals surface area contributed by atoms with E-state index in [1.54, 1.807) is 0 Å². The van der Waals surface area contributed by atoms with E-state index >= 15 is 0 Å². The molecule has 3 N–H and O–H groups in total. The smallest absolute Gasteiger partial charge is 0.0577 e. The van der Waals surface area contributed by atoms with Gasteiger partial charge in [0.05, 0.1) is 11.4 Å². The molecule has 0 unspecified atom stereocenters. The molecule has 0 spiro atoms. The molecule has 0 aliphatic carbocycles. The molecule has 4 heteroatoms. The second kappa shape index (κ2) is 5.73. The molecule has 88 valence electrons. The van der Waals surface area contributed by atoms with Gasteiger partial charge in [-0.25, -0.2) is 0 Å². The number of rotatable bonds is 3. The van der Waals surface area contributed by atoms with E-state index in [9.17, 15) is 0 Å². The van der Waals surface area contributed by atoms with Gasteiger partial charge in [0.1, 0.15) is 0 Å². The van der Waals surface area contributed by atoms with E-state index in [-0.39, 0.29) is 0 Å². The van der Waals surface area contributed by atoms with Gasteiger partial charge in [0, 0.05) is 14.6 Å². The van der Waals surface area contributed by atoms with Crippen molar-refractivity contribution in [2.75, 3.05) is 11.1 Å². The van der Waals surface area contributed by atoms with Gasteiger partial charge < -0.3 is 11.1 Å². The number of anilines is 2. The van der Waals surface area contributed by atoms with E-state index in [0.29, 0.717) is 0 Å². The number of nitrogens with one attached hydrogen (secondary N) is 1. The Balaban J connectivity index is 2.04. The molecule has 0 heterocycles. The lowest BCUT2D eigenvalue weighted by Gasteiger charge is -2.09. The molecule has 0 aromatic heterocycles. The van der Waals surface area contributed by atoms with Gasteiger partial charge in [0.25, 0.3) is 0 Å². The quantitative estimate of drug-likeness (QED) is 0.595. The van der Waals surface area contributed by atoms with Gasteiger partial charge >= 0.3 is 0 Å². The first-order valence-corrected chi connectivity index (χ1v) is 7.05. The second-order valence-corrected chi connectivity index (χ2v) is 5.87. The SMILES string of the molecule is Nc1cc(I)ccc1NCc1ccc(Br)cc1. The zero-order chi connectivity index (χ0) is 12.3. The molecular weight excluding hydrogens is 391 g/mol. The van der Waals surface area contributed by atoms with Gasteiger partial charge in [-0.05, 0) is 58.5 Å². The Labute approximate surface area is 123 Å². The molecular formula is C13H12BrIN2. The minimum absolute atomic E-state index is 0.776. The monoisotopic (exact) mass is 402 g/mol. The van der Waals surface area contributed by atoms with E-state index in [0.717, 1.165) is 26.0 Å². The van der Waals surface area contributed by atoms with E-state index in [1.165, 1.54) is 5.56 Å². The van der Waals surface area contributed by atoms with Crippen LogP contribution in [0.5, 0.6) is 0 Å². The summed E-state index contributed by atoms with van der Waals surface area (Å²) in [5, 5.41) is 3.33. The number of hydrogen-bond donors (Lipinski definition) is 2. The number of halogens is 2. The third-order valence-corrected chi connectivity index (χ3v) is 3.61. The van der Waals surface area contributed by atoms with Crippen molar-refractivity contribution in [3.63, 3.8) is 0 Å². The standard InChI is InChI=1S/C13H12BrIN2/c14-10-3-1-9(2-4-10)8-17-13-6-5-11(15)7-12(13)16/h1-7,17H,8,16H2. The Morgan fingerprint density at radius 2 is 1.82 bits per heavy atom. The number of nitrogens with two attached hydrogens (primary N) is 1. The van der Waals surface area contributed by atoms with E-state index < -0.39 is 0 Å². The topological polar surface area (TPSA) is 38.0 Å². The van der Waals surface area contributed by atoms with Crippen molar-refractivity contribution in [2.24, 2.45) is 0 Å². The summed E-state index contributed by atoms with van der Waals surface area (Å²) in [5.74, 6) is 0. The molecule has 0 atom stereocenters. The molecule has 0 aliphatic rings. The van der Waals surface area contributed by atoms with Crippen molar-refractivity contribution in [3.8, 4) is 0 Å². The van der Waals surface area contributed by atoms with E-state index in [1.807, 2.05) is 30.3 Å². The van der Waals surface area contributed by atoms with Crippen LogP contribution in [0.15, 0.2) is 46.9 Å². The van der Waals surface area contributed by atoms with E-state index in [4.69, 9.17) is 5.73 Å². The predicted octanol–water partition coefficient (Wildman–Crippen LogP) is 4.25. The van der Waals surface area contributed by atoms with Gasteiger partial charge in [-0.2, -0.15) is 0 Å². The third-order valence-electron chi connectivity index (χ3n) is 2.41. The predicted molar refractivity (Wildman–Crippen MR) is 85.0 cm³/mol. The summed E-state index contributed by atoms with van der Waals surface area (Å²) in [7, 11) is 0. The Kier molecular flexibility index (Phi) is 4.28. The Bertz CT molecular complexity index is 511. The highest BCUT2D eigenvalue weighted by molar-refractivity contribution is 14.1. The van der Waals surface area contributed by atoms with Crippen LogP contribution in [-0.4, -0.2) is 0 Å². The highest BCUT2D eigenvalue weighted by Crippen LogP contribution is 2.21. The normalized spacial score (nSPS) is 10.2.